The molecule has 3 rings (SSSR count). The maximum absolute atomic E-state index is 13.0. The summed E-state index contributed by atoms with van der Waals surface area (Å²) in [6, 6.07) is 18.9. The van der Waals surface area contributed by atoms with Crippen LogP contribution in [0, 0.1) is 0 Å². The minimum atomic E-state index is 0.143. The largest absolute Gasteiger partial charge is 0.336 e. The van der Waals surface area contributed by atoms with E-state index in [1.165, 1.54) is 5.56 Å². The molecule has 0 radical (unpaired) electrons. The second-order valence-corrected chi connectivity index (χ2v) is 7.58. The average molecular weight is 364 g/mol. The highest BCUT2D eigenvalue weighted by atomic mass is 16.2. The Balaban J connectivity index is 1.89. The Bertz CT molecular complexity index is 888. The van der Waals surface area contributed by atoms with Gasteiger partial charge >= 0.3 is 0 Å². The van der Waals surface area contributed by atoms with Crippen molar-refractivity contribution in [3.8, 4) is 0 Å². The fourth-order valence-electron chi connectivity index (χ4n) is 3.78. The van der Waals surface area contributed by atoms with E-state index < -0.39 is 0 Å². The summed E-state index contributed by atoms with van der Waals surface area (Å²) in [6.07, 6.45) is 1.73. The first kappa shape index (κ1) is 19.2. The van der Waals surface area contributed by atoms with E-state index >= 15 is 0 Å². The summed E-state index contributed by atoms with van der Waals surface area (Å²) >= 11 is 0. The second kappa shape index (κ2) is 8.38. The zero-order valence-corrected chi connectivity index (χ0v) is 16.7. The predicted octanol–water partition coefficient (Wildman–Crippen LogP) is 4.47. The fraction of sp³-hybridized carbons (Fsp3) is 0.391. The molecule has 3 aromatic rings. The van der Waals surface area contributed by atoms with Gasteiger partial charge in [0.05, 0.1) is 11.0 Å². The molecule has 0 atom stereocenters. The molecule has 0 unspecified atom stereocenters. The molecule has 0 spiro atoms. The van der Waals surface area contributed by atoms with E-state index in [2.05, 4.69) is 62.6 Å². The van der Waals surface area contributed by atoms with Gasteiger partial charge in [-0.2, -0.15) is 0 Å². The van der Waals surface area contributed by atoms with Gasteiger partial charge in [0.25, 0.3) is 0 Å². The molecule has 27 heavy (non-hydrogen) atoms. The maximum Gasteiger partial charge on any atom is 0.243 e. The van der Waals surface area contributed by atoms with Crippen LogP contribution in [0.5, 0.6) is 0 Å². The van der Waals surface area contributed by atoms with Crippen LogP contribution < -0.4 is 0 Å². The summed E-state index contributed by atoms with van der Waals surface area (Å²) in [5.74, 6) is 1.12. The summed E-state index contributed by atoms with van der Waals surface area (Å²) in [5.41, 5.74) is 3.27. The molecule has 1 amide bonds. The quantitative estimate of drug-likeness (QED) is 0.621. The van der Waals surface area contributed by atoms with Gasteiger partial charge in [0.15, 0.2) is 0 Å². The number of rotatable bonds is 7. The highest BCUT2D eigenvalue weighted by molar-refractivity contribution is 5.81. The van der Waals surface area contributed by atoms with Crippen LogP contribution in [0.4, 0.5) is 0 Å². The van der Waals surface area contributed by atoms with E-state index in [0.29, 0.717) is 6.54 Å². The Kier molecular flexibility index (Phi) is 5.94. The molecule has 0 aliphatic carbocycles. The summed E-state index contributed by atoms with van der Waals surface area (Å²) in [7, 11) is 0. The average Bonchev–Trinajstić information content (AvgIpc) is 2.98. The molecular formula is C23H29N3O. The molecule has 0 saturated heterocycles. The lowest BCUT2D eigenvalue weighted by Gasteiger charge is -2.31. The van der Waals surface area contributed by atoms with E-state index in [1.54, 1.807) is 0 Å². The topological polar surface area (TPSA) is 38.1 Å². The number of hydrogen-bond acceptors (Lipinski definition) is 2. The Morgan fingerprint density at radius 1 is 0.926 bits per heavy atom. The van der Waals surface area contributed by atoms with Crippen molar-refractivity contribution < 1.29 is 4.79 Å². The van der Waals surface area contributed by atoms with Crippen LogP contribution in [0.25, 0.3) is 11.0 Å². The van der Waals surface area contributed by atoms with Crippen LogP contribution in [0.1, 0.15) is 39.1 Å². The van der Waals surface area contributed by atoms with Crippen molar-refractivity contribution >= 4 is 16.9 Å². The number of hydrogen-bond donors (Lipinski definition) is 0. The third kappa shape index (κ3) is 4.38. The van der Waals surface area contributed by atoms with E-state index in [4.69, 9.17) is 4.98 Å². The number of amides is 1. The second-order valence-electron chi connectivity index (χ2n) is 7.58. The van der Waals surface area contributed by atoms with E-state index in [9.17, 15) is 4.79 Å². The van der Waals surface area contributed by atoms with E-state index in [1.807, 2.05) is 29.2 Å². The van der Waals surface area contributed by atoms with Gasteiger partial charge in [0, 0.05) is 18.5 Å². The third-order valence-electron chi connectivity index (χ3n) is 4.91. The number of para-hydroxylation sites is 2. The normalized spacial score (nSPS) is 11.5. The zero-order valence-electron chi connectivity index (χ0n) is 16.7. The van der Waals surface area contributed by atoms with E-state index in [0.717, 1.165) is 29.7 Å². The summed E-state index contributed by atoms with van der Waals surface area (Å²) in [5, 5.41) is 0. The number of imidazole rings is 1. The van der Waals surface area contributed by atoms with Crippen molar-refractivity contribution in [3.63, 3.8) is 0 Å². The molecule has 4 heteroatoms. The van der Waals surface area contributed by atoms with Gasteiger partial charge in [-0.3, -0.25) is 4.79 Å². The Morgan fingerprint density at radius 3 is 2.22 bits per heavy atom. The van der Waals surface area contributed by atoms with Crippen molar-refractivity contribution in [3.05, 3.63) is 66.0 Å². The van der Waals surface area contributed by atoms with Gasteiger partial charge in [-0.25, -0.2) is 4.98 Å². The van der Waals surface area contributed by atoms with Crippen LogP contribution in [0.15, 0.2) is 54.6 Å². The summed E-state index contributed by atoms with van der Waals surface area (Å²) < 4.78 is 2.10. The van der Waals surface area contributed by atoms with Crippen LogP contribution >= 0.6 is 0 Å². The zero-order chi connectivity index (χ0) is 19.4. The van der Waals surface area contributed by atoms with Gasteiger partial charge in [-0.1, -0.05) is 42.5 Å². The lowest BCUT2D eigenvalue weighted by atomic mass is 10.1. The fourth-order valence-corrected chi connectivity index (χ4v) is 3.78. The predicted molar refractivity (Wildman–Crippen MR) is 111 cm³/mol. The lowest BCUT2D eigenvalue weighted by Crippen LogP contribution is -2.43. The number of benzene rings is 2. The molecule has 0 aliphatic heterocycles. The highest BCUT2D eigenvalue weighted by Gasteiger charge is 2.22. The minimum absolute atomic E-state index is 0.143. The highest BCUT2D eigenvalue weighted by Crippen LogP contribution is 2.19. The number of carbonyl (C=O) groups is 1. The molecule has 0 fully saturated rings. The van der Waals surface area contributed by atoms with Crippen molar-refractivity contribution in [2.24, 2.45) is 0 Å². The smallest absolute Gasteiger partial charge is 0.243 e. The van der Waals surface area contributed by atoms with E-state index in [-0.39, 0.29) is 18.0 Å². The van der Waals surface area contributed by atoms with Crippen LogP contribution in [0.3, 0.4) is 0 Å². The molecule has 1 aromatic heterocycles. The number of nitrogens with zero attached hydrogens (tertiary/aromatic N) is 3. The molecule has 4 nitrogen and oxygen atoms in total. The SMILES string of the molecule is CC(C)N(C(=O)Cn1c(CCc2ccccc2)nc2ccccc21)C(C)C. The minimum Gasteiger partial charge on any atom is -0.336 e. The van der Waals surface area contributed by atoms with Crippen molar-refractivity contribution in [2.45, 2.75) is 59.2 Å². The Morgan fingerprint density at radius 2 is 1.56 bits per heavy atom. The molecule has 1 heterocycles. The van der Waals surface area contributed by atoms with Crippen LogP contribution in [0.2, 0.25) is 0 Å². The van der Waals surface area contributed by atoms with Crippen molar-refractivity contribution in [2.75, 3.05) is 0 Å². The van der Waals surface area contributed by atoms with Gasteiger partial charge in [0.2, 0.25) is 5.91 Å². The van der Waals surface area contributed by atoms with Crippen molar-refractivity contribution in [1.29, 1.82) is 0 Å². The Labute approximate surface area is 161 Å². The number of fused-ring (bicyclic) bond motifs is 1. The first-order valence-corrected chi connectivity index (χ1v) is 9.76. The van der Waals surface area contributed by atoms with Crippen LogP contribution in [-0.4, -0.2) is 32.4 Å². The molecule has 0 aliphatic rings. The molecule has 142 valence electrons. The number of aryl methyl sites for hydroxylation is 2. The van der Waals surface area contributed by atoms with Crippen LogP contribution in [-0.2, 0) is 24.2 Å². The summed E-state index contributed by atoms with van der Waals surface area (Å²) in [4.78, 5) is 19.8. The first-order valence-electron chi connectivity index (χ1n) is 9.76. The number of aromatic nitrogens is 2. The molecule has 0 saturated carbocycles. The van der Waals surface area contributed by atoms with Gasteiger partial charge in [-0.05, 0) is 51.8 Å². The molecule has 0 bridgehead atoms. The van der Waals surface area contributed by atoms with Gasteiger partial charge in [-0.15, -0.1) is 0 Å². The standard InChI is InChI=1S/C23H29N3O/c1-17(2)26(18(3)4)23(27)16-25-21-13-9-8-12-20(21)24-22(25)15-14-19-10-6-5-7-11-19/h5-13,17-18H,14-16H2,1-4H3. The van der Waals surface area contributed by atoms with Gasteiger partial charge in [0.1, 0.15) is 12.4 Å². The lowest BCUT2D eigenvalue weighted by molar-refractivity contribution is -0.135. The van der Waals surface area contributed by atoms with Gasteiger partial charge < -0.3 is 9.47 Å². The third-order valence-corrected chi connectivity index (χ3v) is 4.91. The first-order chi connectivity index (χ1) is 13.0. The molecule has 2 aromatic carbocycles. The molecule has 0 N–H and O–H groups in total. The summed E-state index contributed by atoms with van der Waals surface area (Å²) in [6.45, 7) is 8.61. The maximum atomic E-state index is 13.0. The Hall–Kier alpha value is -2.62. The monoisotopic (exact) mass is 363 g/mol. The number of carbonyl (C=O) groups excluding carboxylic acids is 1. The molecular weight excluding hydrogens is 334 g/mol. The van der Waals surface area contributed by atoms with Crippen molar-refractivity contribution in [1.82, 2.24) is 14.5 Å².